The number of nitrogens with one attached hydrogen (secondary N) is 1. The largest absolute Gasteiger partial charge is 0.380 e. The fourth-order valence-corrected chi connectivity index (χ4v) is 3.94. The van der Waals surface area contributed by atoms with Crippen molar-refractivity contribution in [2.24, 2.45) is 11.3 Å². The van der Waals surface area contributed by atoms with Crippen LogP contribution >= 0.6 is 0 Å². The van der Waals surface area contributed by atoms with E-state index in [0.29, 0.717) is 18.0 Å². The number of ether oxygens (including phenoxy) is 1. The monoisotopic (exact) mass is 302 g/mol. The van der Waals surface area contributed by atoms with Gasteiger partial charge in [0, 0.05) is 37.0 Å². The minimum atomic E-state index is -0.0722. The summed E-state index contributed by atoms with van der Waals surface area (Å²) in [6, 6.07) is 2.46. The quantitative estimate of drug-likeness (QED) is 0.887. The Kier molecular flexibility index (Phi) is 3.58. The molecule has 22 heavy (non-hydrogen) atoms. The second-order valence-electron chi connectivity index (χ2n) is 6.90. The van der Waals surface area contributed by atoms with Crippen molar-refractivity contribution < 1.29 is 9.53 Å². The van der Waals surface area contributed by atoms with E-state index in [1.165, 1.54) is 25.5 Å². The van der Waals surface area contributed by atoms with Crippen LogP contribution in [0.3, 0.4) is 0 Å². The molecular weight excluding hydrogens is 280 g/mol. The van der Waals surface area contributed by atoms with Gasteiger partial charge in [0.1, 0.15) is 0 Å². The molecule has 3 aliphatic rings. The fourth-order valence-electron chi connectivity index (χ4n) is 3.94. The van der Waals surface area contributed by atoms with Crippen molar-refractivity contribution in [3.8, 4) is 0 Å². The molecule has 0 radical (unpaired) electrons. The molecule has 3 heterocycles. The second kappa shape index (κ2) is 5.59. The van der Waals surface area contributed by atoms with Crippen molar-refractivity contribution in [2.45, 2.75) is 25.3 Å². The Balaban J connectivity index is 1.41. The smallest absolute Gasteiger partial charge is 0.252 e. The molecule has 2 aliphatic heterocycles. The highest BCUT2D eigenvalue weighted by Crippen LogP contribution is 2.43. The molecule has 3 fully saturated rings. The molecule has 0 spiro atoms. The van der Waals surface area contributed by atoms with Gasteiger partial charge in [-0.2, -0.15) is 10.2 Å². The average molecular weight is 302 g/mol. The first kappa shape index (κ1) is 14.1. The van der Waals surface area contributed by atoms with Crippen LogP contribution in [-0.4, -0.2) is 59.9 Å². The number of nitrogens with zero attached hydrogens (tertiary/aromatic N) is 3. The summed E-state index contributed by atoms with van der Waals surface area (Å²) in [5.74, 6) is 0.473. The number of amides is 1. The molecule has 0 aromatic carbocycles. The molecule has 118 valence electrons. The first-order chi connectivity index (χ1) is 10.8. The molecule has 0 bridgehead atoms. The second-order valence-corrected chi connectivity index (χ2v) is 6.90. The number of fused-ring (bicyclic) bond motifs is 1. The van der Waals surface area contributed by atoms with Crippen LogP contribution in [0.25, 0.3) is 0 Å². The summed E-state index contributed by atoms with van der Waals surface area (Å²) in [5, 5.41) is 10.6. The van der Waals surface area contributed by atoms with Crippen molar-refractivity contribution in [3.63, 3.8) is 0 Å². The first-order valence-corrected chi connectivity index (χ1v) is 8.14. The Bertz CT molecular complexity index is 548. The van der Waals surface area contributed by atoms with Crippen molar-refractivity contribution >= 4 is 5.91 Å². The van der Waals surface area contributed by atoms with Gasteiger partial charge < -0.3 is 10.1 Å². The third-order valence-corrected chi connectivity index (χ3v) is 5.59. The SMILES string of the molecule is O=C(NC[C@]12COC[C@H]1CN(C1CCC1)C2)c1ccnnc1. The summed E-state index contributed by atoms with van der Waals surface area (Å²) in [7, 11) is 0. The van der Waals surface area contributed by atoms with Gasteiger partial charge in [0.05, 0.1) is 31.2 Å². The Morgan fingerprint density at radius 3 is 3.09 bits per heavy atom. The van der Waals surface area contributed by atoms with E-state index in [9.17, 15) is 4.79 Å². The lowest BCUT2D eigenvalue weighted by Crippen LogP contribution is -2.45. The van der Waals surface area contributed by atoms with E-state index >= 15 is 0 Å². The number of carbonyl (C=O) groups is 1. The van der Waals surface area contributed by atoms with Crippen LogP contribution in [0.15, 0.2) is 18.5 Å². The molecule has 0 unspecified atom stereocenters. The Morgan fingerprint density at radius 2 is 2.36 bits per heavy atom. The van der Waals surface area contributed by atoms with Gasteiger partial charge >= 0.3 is 0 Å². The average Bonchev–Trinajstić information content (AvgIpc) is 3.01. The van der Waals surface area contributed by atoms with E-state index in [2.05, 4.69) is 20.4 Å². The summed E-state index contributed by atoms with van der Waals surface area (Å²) in [6.45, 7) is 4.45. The van der Waals surface area contributed by atoms with Gasteiger partial charge in [-0.25, -0.2) is 0 Å². The normalized spacial score (nSPS) is 31.7. The number of carbonyl (C=O) groups excluding carboxylic acids is 1. The summed E-state index contributed by atoms with van der Waals surface area (Å²) >= 11 is 0. The standard InChI is InChI=1S/C16H22N4O2/c21-15(12-4-5-18-19-6-12)17-9-16-10-20(14-2-1-3-14)7-13(16)8-22-11-16/h4-6,13-14H,1-3,7-11H2,(H,17,21)/t13-,16+/m1/s1. The first-order valence-electron chi connectivity index (χ1n) is 8.14. The van der Waals surface area contributed by atoms with Crippen LogP contribution in [-0.2, 0) is 4.74 Å². The molecule has 4 rings (SSSR count). The zero-order chi connectivity index (χ0) is 15.0. The third-order valence-electron chi connectivity index (χ3n) is 5.59. The predicted octanol–water partition coefficient (Wildman–Crippen LogP) is 0.707. The van der Waals surface area contributed by atoms with Gasteiger partial charge in [-0.3, -0.25) is 9.69 Å². The van der Waals surface area contributed by atoms with E-state index in [-0.39, 0.29) is 11.3 Å². The number of aromatic nitrogens is 2. The van der Waals surface area contributed by atoms with Gasteiger partial charge in [-0.1, -0.05) is 6.42 Å². The molecular formula is C16H22N4O2. The zero-order valence-corrected chi connectivity index (χ0v) is 12.7. The lowest BCUT2D eigenvalue weighted by atomic mass is 9.81. The van der Waals surface area contributed by atoms with E-state index < -0.39 is 0 Å². The minimum Gasteiger partial charge on any atom is -0.380 e. The molecule has 1 amide bonds. The molecule has 1 aromatic heterocycles. The fraction of sp³-hybridized carbons (Fsp3) is 0.688. The molecule has 2 atom stereocenters. The van der Waals surface area contributed by atoms with Crippen molar-refractivity contribution in [1.82, 2.24) is 20.4 Å². The molecule has 1 aromatic rings. The number of hydrogen-bond acceptors (Lipinski definition) is 5. The minimum absolute atomic E-state index is 0.0722. The van der Waals surface area contributed by atoms with Crippen LogP contribution in [0, 0.1) is 11.3 Å². The van der Waals surface area contributed by atoms with Crippen molar-refractivity contribution in [3.05, 3.63) is 24.0 Å². The Morgan fingerprint density at radius 1 is 1.45 bits per heavy atom. The lowest BCUT2D eigenvalue weighted by Gasteiger charge is -2.36. The van der Waals surface area contributed by atoms with Gasteiger partial charge in [0.2, 0.25) is 0 Å². The molecule has 2 saturated heterocycles. The van der Waals surface area contributed by atoms with E-state index in [1.54, 1.807) is 12.3 Å². The highest BCUT2D eigenvalue weighted by atomic mass is 16.5. The molecule has 1 aliphatic carbocycles. The lowest BCUT2D eigenvalue weighted by molar-refractivity contribution is 0.0828. The summed E-state index contributed by atoms with van der Waals surface area (Å²) in [5.41, 5.74) is 0.654. The predicted molar refractivity (Wildman–Crippen MR) is 80.3 cm³/mol. The maximum Gasteiger partial charge on any atom is 0.252 e. The van der Waals surface area contributed by atoms with Gasteiger partial charge in [-0.15, -0.1) is 0 Å². The molecule has 1 saturated carbocycles. The van der Waals surface area contributed by atoms with Crippen LogP contribution in [0.1, 0.15) is 29.6 Å². The van der Waals surface area contributed by atoms with E-state index in [4.69, 9.17) is 4.74 Å². The maximum absolute atomic E-state index is 12.2. The summed E-state index contributed by atoms with van der Waals surface area (Å²) < 4.78 is 5.73. The van der Waals surface area contributed by atoms with Gasteiger partial charge in [0.25, 0.3) is 5.91 Å². The van der Waals surface area contributed by atoms with E-state index in [0.717, 1.165) is 32.3 Å². The maximum atomic E-state index is 12.2. The van der Waals surface area contributed by atoms with E-state index in [1.807, 2.05) is 0 Å². The van der Waals surface area contributed by atoms with Gasteiger partial charge in [-0.05, 0) is 18.9 Å². The molecule has 1 N–H and O–H groups in total. The van der Waals surface area contributed by atoms with Gasteiger partial charge in [0.15, 0.2) is 0 Å². The van der Waals surface area contributed by atoms with Crippen molar-refractivity contribution in [2.75, 3.05) is 32.8 Å². The topological polar surface area (TPSA) is 67.3 Å². The molecule has 6 heteroatoms. The third kappa shape index (κ3) is 2.40. The summed E-state index contributed by atoms with van der Waals surface area (Å²) in [6.07, 6.45) is 7.08. The van der Waals surface area contributed by atoms with Crippen LogP contribution < -0.4 is 5.32 Å². The zero-order valence-electron chi connectivity index (χ0n) is 12.7. The number of rotatable bonds is 4. The highest BCUT2D eigenvalue weighted by Gasteiger charge is 2.52. The van der Waals surface area contributed by atoms with Crippen molar-refractivity contribution in [1.29, 1.82) is 0 Å². The van der Waals surface area contributed by atoms with Crippen LogP contribution in [0.4, 0.5) is 0 Å². The Labute approximate surface area is 130 Å². The number of hydrogen-bond donors (Lipinski definition) is 1. The van der Waals surface area contributed by atoms with Crippen LogP contribution in [0.2, 0.25) is 0 Å². The summed E-state index contributed by atoms with van der Waals surface area (Å²) in [4.78, 5) is 14.9. The number of likely N-dealkylation sites (tertiary alicyclic amines) is 1. The highest BCUT2D eigenvalue weighted by molar-refractivity contribution is 5.93. The van der Waals surface area contributed by atoms with Crippen LogP contribution in [0.5, 0.6) is 0 Å². The molecule has 6 nitrogen and oxygen atoms in total. The Hall–Kier alpha value is -1.53.